The lowest BCUT2D eigenvalue weighted by molar-refractivity contribution is 0.489. The van der Waals surface area contributed by atoms with Crippen molar-refractivity contribution in [3.8, 4) is 5.75 Å². The molecule has 0 radical (unpaired) electrons. The van der Waals surface area contributed by atoms with Crippen LogP contribution >= 0.6 is 23.2 Å². The molecule has 0 spiro atoms. The van der Waals surface area contributed by atoms with Crippen molar-refractivity contribution in [3.05, 3.63) is 71.0 Å². The molecule has 0 bridgehead atoms. The lowest BCUT2D eigenvalue weighted by Gasteiger charge is -2.11. The monoisotopic (exact) mass is 381 g/mol. The van der Waals surface area contributed by atoms with E-state index in [4.69, 9.17) is 27.9 Å². The fourth-order valence-corrected chi connectivity index (χ4v) is 4.25. The van der Waals surface area contributed by atoms with E-state index in [1.807, 2.05) is 6.92 Å². The highest BCUT2D eigenvalue weighted by atomic mass is 35.5. The first kappa shape index (κ1) is 16.9. The second kappa shape index (κ2) is 6.16. The highest BCUT2D eigenvalue weighted by molar-refractivity contribution is 7.90. The first-order chi connectivity index (χ1) is 11.4. The fourth-order valence-electron chi connectivity index (χ4n) is 2.41. The Morgan fingerprint density at radius 3 is 2.46 bits per heavy atom. The molecule has 0 unspecified atom stereocenters. The molecule has 0 aliphatic heterocycles. The zero-order chi connectivity index (χ0) is 17.5. The third kappa shape index (κ3) is 2.69. The predicted octanol–water partition coefficient (Wildman–Crippen LogP) is 5.02. The van der Waals surface area contributed by atoms with Gasteiger partial charge in [-0.15, -0.1) is 0 Å². The molecule has 0 aliphatic rings. The number of fused-ring (bicyclic) bond motifs is 1. The molecule has 7 heteroatoms. The third-order valence-corrected chi connectivity index (χ3v) is 6.05. The van der Waals surface area contributed by atoms with Crippen LogP contribution in [0.2, 0.25) is 10.0 Å². The summed E-state index contributed by atoms with van der Waals surface area (Å²) in [6.45, 7) is 5.39. The molecule has 0 amide bonds. The second-order valence-electron chi connectivity index (χ2n) is 5.15. The zero-order valence-corrected chi connectivity index (χ0v) is 15.0. The van der Waals surface area contributed by atoms with Gasteiger partial charge in [-0.05, 0) is 25.1 Å². The van der Waals surface area contributed by atoms with Gasteiger partial charge in [-0.3, -0.25) is 0 Å². The number of aryl methyl sites for hydroxylation is 1. The number of hydrogen-bond donors (Lipinski definition) is 0. The Labute approximate surface area is 149 Å². The maximum Gasteiger partial charge on any atom is 0.268 e. The summed E-state index contributed by atoms with van der Waals surface area (Å²) in [6, 6.07) is 9.71. The topological polar surface area (TPSA) is 48.3 Å². The van der Waals surface area contributed by atoms with E-state index in [0.29, 0.717) is 11.1 Å². The predicted molar refractivity (Wildman–Crippen MR) is 96.5 cm³/mol. The summed E-state index contributed by atoms with van der Waals surface area (Å²) in [5.41, 5.74) is 1.23. The van der Waals surface area contributed by atoms with Crippen LogP contribution in [0, 0.1) is 6.92 Å². The lowest BCUT2D eigenvalue weighted by atomic mass is 10.2. The molecule has 124 valence electrons. The largest absolute Gasteiger partial charge is 0.465 e. The van der Waals surface area contributed by atoms with Crippen molar-refractivity contribution in [2.24, 2.45) is 0 Å². The molecule has 4 nitrogen and oxygen atoms in total. The summed E-state index contributed by atoms with van der Waals surface area (Å²) in [5.74, 6) is 0.382. The Kier molecular flexibility index (Phi) is 4.34. The Morgan fingerprint density at radius 1 is 1.17 bits per heavy atom. The normalized spacial score (nSPS) is 11.6. The Morgan fingerprint density at radius 2 is 1.83 bits per heavy atom. The van der Waals surface area contributed by atoms with Gasteiger partial charge >= 0.3 is 0 Å². The van der Waals surface area contributed by atoms with Crippen molar-refractivity contribution >= 4 is 44.1 Å². The van der Waals surface area contributed by atoms with E-state index in [1.54, 1.807) is 30.3 Å². The molecule has 3 aromatic rings. The van der Waals surface area contributed by atoms with Crippen molar-refractivity contribution in [2.75, 3.05) is 0 Å². The maximum absolute atomic E-state index is 13.0. The molecular formula is C17H13Cl2NO3S. The first-order valence-electron chi connectivity index (χ1n) is 6.95. The van der Waals surface area contributed by atoms with E-state index in [0.717, 1.165) is 9.54 Å². The molecule has 24 heavy (non-hydrogen) atoms. The number of aromatic nitrogens is 1. The van der Waals surface area contributed by atoms with Crippen molar-refractivity contribution in [2.45, 2.75) is 11.8 Å². The average Bonchev–Trinajstić information content (AvgIpc) is 2.99. The highest BCUT2D eigenvalue weighted by Crippen LogP contribution is 2.39. The van der Waals surface area contributed by atoms with E-state index in [9.17, 15) is 8.42 Å². The van der Waals surface area contributed by atoms with Crippen molar-refractivity contribution in [1.29, 1.82) is 0 Å². The van der Waals surface area contributed by atoms with Gasteiger partial charge in [0.1, 0.15) is 5.75 Å². The molecule has 0 saturated carbocycles. The van der Waals surface area contributed by atoms with Crippen LogP contribution in [0.1, 0.15) is 5.56 Å². The summed E-state index contributed by atoms with van der Waals surface area (Å²) in [6.07, 6.45) is 2.67. The molecule has 0 aliphatic carbocycles. The van der Waals surface area contributed by atoms with Crippen molar-refractivity contribution in [3.63, 3.8) is 0 Å². The van der Waals surface area contributed by atoms with Crippen LogP contribution in [-0.2, 0) is 10.0 Å². The van der Waals surface area contributed by atoms with Gasteiger partial charge in [-0.25, -0.2) is 12.4 Å². The number of rotatable bonds is 4. The van der Waals surface area contributed by atoms with Crippen LogP contribution in [0.25, 0.3) is 10.9 Å². The van der Waals surface area contributed by atoms with Gasteiger partial charge in [-0.2, -0.15) is 0 Å². The lowest BCUT2D eigenvalue weighted by Crippen LogP contribution is -2.12. The van der Waals surface area contributed by atoms with Gasteiger partial charge in [0.2, 0.25) is 0 Å². The van der Waals surface area contributed by atoms with Gasteiger partial charge in [0.25, 0.3) is 10.0 Å². The second-order valence-corrected chi connectivity index (χ2v) is 7.75. The van der Waals surface area contributed by atoms with E-state index in [1.165, 1.54) is 18.5 Å². The van der Waals surface area contributed by atoms with E-state index in [-0.39, 0.29) is 20.5 Å². The Balaban J connectivity index is 2.31. The summed E-state index contributed by atoms with van der Waals surface area (Å²) >= 11 is 12.4. The van der Waals surface area contributed by atoms with Gasteiger partial charge in [0, 0.05) is 17.6 Å². The van der Waals surface area contributed by atoms with Crippen LogP contribution in [0.5, 0.6) is 5.75 Å². The minimum atomic E-state index is -3.82. The summed E-state index contributed by atoms with van der Waals surface area (Å²) in [5, 5.41) is 0.865. The van der Waals surface area contributed by atoms with E-state index in [2.05, 4.69) is 6.58 Å². The van der Waals surface area contributed by atoms with E-state index >= 15 is 0 Å². The number of benzene rings is 2. The van der Waals surface area contributed by atoms with Crippen LogP contribution in [0.15, 0.2) is 60.3 Å². The van der Waals surface area contributed by atoms with Crippen LogP contribution < -0.4 is 4.74 Å². The quantitative estimate of drug-likeness (QED) is 0.596. The average molecular weight is 382 g/mol. The fraction of sp³-hybridized carbons (Fsp3) is 0.0588. The summed E-state index contributed by atoms with van der Waals surface area (Å²) in [7, 11) is -3.82. The Hall–Kier alpha value is -1.95. The van der Waals surface area contributed by atoms with Gasteiger partial charge in [0.15, 0.2) is 0 Å². The van der Waals surface area contributed by atoms with Gasteiger partial charge in [0.05, 0.1) is 26.7 Å². The molecule has 2 aromatic carbocycles. The maximum atomic E-state index is 13.0. The molecule has 0 atom stereocenters. The molecule has 0 N–H and O–H groups in total. The van der Waals surface area contributed by atoms with Crippen LogP contribution in [0.3, 0.4) is 0 Å². The zero-order valence-electron chi connectivity index (χ0n) is 12.7. The van der Waals surface area contributed by atoms with Crippen LogP contribution in [0.4, 0.5) is 0 Å². The highest BCUT2D eigenvalue weighted by Gasteiger charge is 2.23. The number of ether oxygens (including phenoxy) is 1. The SMILES string of the molecule is C=COc1cc(Cl)c(Cl)c2c1ccn2S(=O)(=O)c1ccc(C)cc1. The minimum Gasteiger partial charge on any atom is -0.465 e. The van der Waals surface area contributed by atoms with Gasteiger partial charge in [-0.1, -0.05) is 47.5 Å². The van der Waals surface area contributed by atoms with Crippen molar-refractivity contribution in [1.82, 2.24) is 3.97 Å². The third-order valence-electron chi connectivity index (χ3n) is 3.58. The molecule has 0 fully saturated rings. The first-order valence-corrected chi connectivity index (χ1v) is 9.14. The summed E-state index contributed by atoms with van der Waals surface area (Å²) < 4.78 is 32.3. The minimum absolute atomic E-state index is 0.142. The Bertz CT molecular complexity index is 1040. The summed E-state index contributed by atoms with van der Waals surface area (Å²) in [4.78, 5) is 0.160. The number of halogens is 2. The number of hydrogen-bond acceptors (Lipinski definition) is 3. The van der Waals surface area contributed by atoms with Gasteiger partial charge < -0.3 is 4.74 Å². The molecule has 0 saturated heterocycles. The smallest absolute Gasteiger partial charge is 0.268 e. The van der Waals surface area contributed by atoms with Crippen LogP contribution in [-0.4, -0.2) is 12.4 Å². The molecule has 1 heterocycles. The van der Waals surface area contributed by atoms with E-state index < -0.39 is 10.0 Å². The number of nitrogens with zero attached hydrogens (tertiary/aromatic N) is 1. The standard InChI is InChI=1S/C17H13Cl2NO3S/c1-3-23-15-10-14(18)16(19)17-13(15)8-9-20(17)24(21,22)12-6-4-11(2)5-7-12/h3-10H,1H2,2H3. The molecule has 1 aromatic heterocycles. The molecule has 3 rings (SSSR count). The van der Waals surface area contributed by atoms with Crippen molar-refractivity contribution < 1.29 is 13.2 Å². The molecular weight excluding hydrogens is 369 g/mol.